The summed E-state index contributed by atoms with van der Waals surface area (Å²) < 4.78 is 27.8. The van der Waals surface area contributed by atoms with Gasteiger partial charge < -0.3 is 11.1 Å². The number of hydrogen-bond acceptors (Lipinski definition) is 6. The third kappa shape index (κ3) is 3.18. The van der Waals surface area contributed by atoms with Gasteiger partial charge in [-0.1, -0.05) is 0 Å². The molecule has 1 aliphatic rings. The summed E-state index contributed by atoms with van der Waals surface area (Å²) in [5.74, 6) is -0.297. The van der Waals surface area contributed by atoms with Gasteiger partial charge in [0.1, 0.15) is 0 Å². The van der Waals surface area contributed by atoms with Gasteiger partial charge in [-0.15, -0.1) is 0 Å². The highest BCUT2D eigenvalue weighted by Crippen LogP contribution is 2.27. The van der Waals surface area contributed by atoms with E-state index in [1.165, 1.54) is 10.4 Å². The Labute approximate surface area is 140 Å². The fraction of sp³-hybridized carbons (Fsp3) is 0.375. The molecule has 8 heteroatoms. The largest absolute Gasteiger partial charge is 0.324 e. The molecule has 1 saturated heterocycles. The first kappa shape index (κ1) is 17.0. The van der Waals surface area contributed by atoms with E-state index in [0.29, 0.717) is 36.0 Å². The highest BCUT2D eigenvalue weighted by atomic mass is 32.2. The topological polar surface area (TPSA) is 105 Å². The molecule has 1 fully saturated rings. The quantitative estimate of drug-likeness (QED) is 0.773. The molecule has 0 radical (unpaired) electrons. The molecule has 7 nitrogen and oxygen atoms in total. The first-order valence-electron chi connectivity index (χ1n) is 7.86. The number of fused-ring (bicyclic) bond motifs is 1. The van der Waals surface area contributed by atoms with Crippen molar-refractivity contribution in [1.29, 1.82) is 0 Å². The summed E-state index contributed by atoms with van der Waals surface area (Å²) in [5.41, 5.74) is 5.73. The molecule has 0 aliphatic carbocycles. The fourth-order valence-electron chi connectivity index (χ4n) is 2.87. The number of pyridine rings is 1. The van der Waals surface area contributed by atoms with Gasteiger partial charge in [0.05, 0.1) is 11.4 Å². The maximum absolute atomic E-state index is 13.2. The van der Waals surface area contributed by atoms with Crippen LogP contribution in [0.25, 0.3) is 10.8 Å². The predicted octanol–water partition coefficient (Wildman–Crippen LogP) is 0.360. The lowest BCUT2D eigenvalue weighted by atomic mass is 10.1. The molecule has 24 heavy (non-hydrogen) atoms. The zero-order valence-corrected chi connectivity index (χ0v) is 14.1. The van der Waals surface area contributed by atoms with Gasteiger partial charge in [-0.2, -0.15) is 4.31 Å². The van der Waals surface area contributed by atoms with Crippen LogP contribution in [-0.4, -0.2) is 56.2 Å². The second-order valence-corrected chi connectivity index (χ2v) is 7.61. The Balaban J connectivity index is 2.17. The van der Waals surface area contributed by atoms with E-state index in [9.17, 15) is 13.2 Å². The van der Waals surface area contributed by atoms with E-state index < -0.39 is 10.0 Å². The van der Waals surface area contributed by atoms with Crippen molar-refractivity contribution in [2.45, 2.75) is 11.3 Å². The Kier molecular flexibility index (Phi) is 4.91. The lowest BCUT2D eigenvalue weighted by Gasteiger charge is -2.21. The van der Waals surface area contributed by atoms with Gasteiger partial charge in [0.25, 0.3) is 0 Å². The van der Waals surface area contributed by atoms with Crippen LogP contribution >= 0.6 is 0 Å². The number of rotatable bonds is 4. The molecule has 128 valence electrons. The first-order valence-corrected chi connectivity index (χ1v) is 9.30. The summed E-state index contributed by atoms with van der Waals surface area (Å²) in [6, 6.07) is 4.74. The number of nitrogens with one attached hydrogen (secondary N) is 1. The van der Waals surface area contributed by atoms with Gasteiger partial charge in [-0.3, -0.25) is 9.78 Å². The van der Waals surface area contributed by atoms with Crippen molar-refractivity contribution in [3.8, 4) is 0 Å². The molecular formula is C16H20N4O3S. The molecule has 0 saturated carbocycles. The summed E-state index contributed by atoms with van der Waals surface area (Å²) in [6.45, 7) is 2.10. The van der Waals surface area contributed by atoms with Crippen LogP contribution in [0.1, 0.15) is 16.8 Å². The number of Topliss-reactive ketones (excluding diaryl/α,β-unsaturated/α-hetero) is 1. The lowest BCUT2D eigenvalue weighted by Crippen LogP contribution is -2.34. The molecule has 0 unspecified atom stereocenters. The molecule has 3 N–H and O–H groups in total. The number of carbonyl (C=O) groups excluding carboxylic acids is 1. The fourth-order valence-corrected chi connectivity index (χ4v) is 4.59. The Hall–Kier alpha value is -1.87. The molecule has 1 aliphatic heterocycles. The molecule has 0 bridgehead atoms. The molecule has 2 aromatic rings. The van der Waals surface area contributed by atoms with Crippen molar-refractivity contribution in [2.75, 3.05) is 32.7 Å². The van der Waals surface area contributed by atoms with E-state index in [0.717, 1.165) is 13.0 Å². The third-order valence-electron chi connectivity index (χ3n) is 4.14. The zero-order valence-electron chi connectivity index (χ0n) is 13.2. The third-order valence-corrected chi connectivity index (χ3v) is 6.08. The van der Waals surface area contributed by atoms with Crippen molar-refractivity contribution < 1.29 is 13.2 Å². The summed E-state index contributed by atoms with van der Waals surface area (Å²) in [4.78, 5) is 16.2. The Morgan fingerprint density at radius 3 is 2.92 bits per heavy atom. The van der Waals surface area contributed by atoms with Crippen molar-refractivity contribution in [3.05, 3.63) is 36.2 Å². The Morgan fingerprint density at radius 1 is 1.29 bits per heavy atom. The monoisotopic (exact) mass is 348 g/mol. The van der Waals surface area contributed by atoms with E-state index >= 15 is 0 Å². The summed E-state index contributed by atoms with van der Waals surface area (Å²) >= 11 is 0. The van der Waals surface area contributed by atoms with Gasteiger partial charge in [-0.05, 0) is 31.2 Å². The van der Waals surface area contributed by atoms with Crippen LogP contribution < -0.4 is 11.1 Å². The average Bonchev–Trinajstić information content (AvgIpc) is 2.90. The highest BCUT2D eigenvalue weighted by Gasteiger charge is 2.28. The van der Waals surface area contributed by atoms with Crippen LogP contribution in [-0.2, 0) is 10.0 Å². The minimum absolute atomic E-state index is 0.140. The van der Waals surface area contributed by atoms with Gasteiger partial charge >= 0.3 is 0 Å². The molecule has 3 rings (SSSR count). The standard InChI is InChI=1S/C16H20N4O3S/c17-10-15(21)12-8-13-11-19-4-2-14(13)16(9-12)24(22,23)20-6-1-3-18-5-7-20/h2,4,8-9,11,18H,1,3,5-7,10,17H2. The van der Waals surface area contributed by atoms with Gasteiger partial charge in [0, 0.05) is 48.4 Å². The minimum Gasteiger partial charge on any atom is -0.324 e. The summed E-state index contributed by atoms with van der Waals surface area (Å²) in [5, 5.41) is 4.37. The van der Waals surface area contributed by atoms with E-state index in [2.05, 4.69) is 10.3 Å². The van der Waals surface area contributed by atoms with E-state index in [1.54, 1.807) is 24.5 Å². The number of ketones is 1. The van der Waals surface area contributed by atoms with Gasteiger partial charge in [0.15, 0.2) is 5.78 Å². The van der Waals surface area contributed by atoms with E-state index in [1.807, 2.05) is 0 Å². The summed E-state index contributed by atoms with van der Waals surface area (Å²) in [6.07, 6.45) is 3.86. The van der Waals surface area contributed by atoms with Crippen molar-refractivity contribution in [2.24, 2.45) is 5.73 Å². The lowest BCUT2D eigenvalue weighted by molar-refractivity contribution is 0.100. The zero-order chi connectivity index (χ0) is 17.2. The van der Waals surface area contributed by atoms with Gasteiger partial charge in [-0.25, -0.2) is 8.42 Å². The molecule has 0 amide bonds. The minimum atomic E-state index is -3.70. The highest BCUT2D eigenvalue weighted by molar-refractivity contribution is 7.89. The van der Waals surface area contributed by atoms with Crippen molar-refractivity contribution >= 4 is 26.6 Å². The van der Waals surface area contributed by atoms with Crippen LogP contribution in [0.5, 0.6) is 0 Å². The number of nitrogens with two attached hydrogens (primary N) is 1. The number of benzene rings is 1. The van der Waals surface area contributed by atoms with Crippen LogP contribution in [0.15, 0.2) is 35.5 Å². The Bertz CT molecular complexity index is 859. The smallest absolute Gasteiger partial charge is 0.243 e. The molecule has 0 atom stereocenters. The van der Waals surface area contributed by atoms with Crippen molar-refractivity contribution in [3.63, 3.8) is 0 Å². The molecule has 1 aromatic heterocycles. The van der Waals surface area contributed by atoms with Crippen LogP contribution in [0, 0.1) is 0 Å². The van der Waals surface area contributed by atoms with E-state index in [4.69, 9.17) is 5.73 Å². The average molecular weight is 348 g/mol. The number of aromatic nitrogens is 1. The second kappa shape index (κ2) is 6.94. The number of carbonyl (C=O) groups is 1. The number of nitrogens with zero attached hydrogens (tertiary/aromatic N) is 2. The van der Waals surface area contributed by atoms with Crippen LogP contribution in [0.2, 0.25) is 0 Å². The van der Waals surface area contributed by atoms with E-state index in [-0.39, 0.29) is 17.2 Å². The number of sulfonamides is 1. The predicted molar refractivity (Wildman–Crippen MR) is 91.4 cm³/mol. The van der Waals surface area contributed by atoms with Gasteiger partial charge in [0.2, 0.25) is 10.0 Å². The molecule has 0 spiro atoms. The van der Waals surface area contributed by atoms with Crippen molar-refractivity contribution in [1.82, 2.24) is 14.6 Å². The van der Waals surface area contributed by atoms with Crippen LogP contribution in [0.4, 0.5) is 0 Å². The Morgan fingerprint density at radius 2 is 2.12 bits per heavy atom. The normalized spacial score (nSPS) is 16.9. The maximum atomic E-state index is 13.2. The second-order valence-electron chi connectivity index (χ2n) is 5.71. The SMILES string of the molecule is NCC(=O)c1cc(S(=O)(=O)N2CCCNCC2)c2ccncc2c1. The maximum Gasteiger partial charge on any atom is 0.243 e. The van der Waals surface area contributed by atoms with Crippen LogP contribution in [0.3, 0.4) is 0 Å². The number of hydrogen-bond donors (Lipinski definition) is 2. The first-order chi connectivity index (χ1) is 11.5. The summed E-state index contributed by atoms with van der Waals surface area (Å²) in [7, 11) is -3.70. The molecule has 2 heterocycles. The molecule has 1 aromatic carbocycles. The molecular weight excluding hydrogens is 328 g/mol.